The van der Waals surface area contributed by atoms with Crippen LogP contribution >= 0.6 is 0 Å². The molecule has 2 aromatic rings. The van der Waals surface area contributed by atoms with Crippen molar-refractivity contribution >= 4 is 11.6 Å². The van der Waals surface area contributed by atoms with Crippen molar-refractivity contribution in [3.8, 4) is 11.5 Å². The molecule has 2 unspecified atom stereocenters. The third kappa shape index (κ3) is 13.5. The third-order valence-electron chi connectivity index (χ3n) is 7.08. The number of carbonyl (C=O) groups is 2. The first-order valence-electron chi connectivity index (χ1n) is 15.9. The molecule has 0 amide bonds. The zero-order chi connectivity index (χ0) is 31.2. The lowest BCUT2D eigenvalue weighted by Gasteiger charge is -2.26. The second-order valence-electron chi connectivity index (χ2n) is 13.4. The fraction of sp³-hybridized carbons (Fsp3) is 0.611. The molecule has 0 aromatic heterocycles. The maximum atomic E-state index is 13.6. The Balaban J connectivity index is 2.06. The minimum Gasteiger partial charge on any atom is -0.494 e. The molecule has 0 aliphatic rings. The summed E-state index contributed by atoms with van der Waals surface area (Å²) in [6.07, 6.45) is 5.19. The van der Waals surface area contributed by atoms with Crippen LogP contribution in [0.4, 0.5) is 0 Å². The van der Waals surface area contributed by atoms with Crippen molar-refractivity contribution in [2.75, 3.05) is 26.3 Å². The Morgan fingerprint density at radius 2 is 0.952 bits per heavy atom. The predicted octanol–water partition coefficient (Wildman–Crippen LogP) is 7.90. The second kappa shape index (κ2) is 17.4. The number of nitrogens with one attached hydrogen (secondary N) is 2. The molecule has 0 saturated carbocycles. The monoisotopic (exact) mass is 580 g/mol. The van der Waals surface area contributed by atoms with E-state index in [-0.39, 0.29) is 34.5 Å². The SMILES string of the molecule is CCCOc1ccc(C(=O)C(CCCCC(CNC(C)(C)C)C(=O)c2ccc(OCCC)cc2)CNC(C)(C)C)cc1. The molecule has 0 aliphatic heterocycles. The van der Waals surface area contributed by atoms with Crippen LogP contribution in [0.25, 0.3) is 0 Å². The Bertz CT molecular complexity index is 978. The molecule has 234 valence electrons. The van der Waals surface area contributed by atoms with E-state index in [1.165, 1.54) is 0 Å². The minimum atomic E-state index is -0.135. The Morgan fingerprint density at radius 3 is 1.24 bits per heavy atom. The lowest BCUT2D eigenvalue weighted by Crippen LogP contribution is -2.41. The fourth-order valence-corrected chi connectivity index (χ4v) is 4.63. The van der Waals surface area contributed by atoms with Gasteiger partial charge in [0.15, 0.2) is 11.6 Å². The van der Waals surface area contributed by atoms with Crippen molar-refractivity contribution < 1.29 is 19.1 Å². The van der Waals surface area contributed by atoms with Crippen LogP contribution in [-0.4, -0.2) is 48.9 Å². The molecule has 0 aliphatic carbocycles. The van der Waals surface area contributed by atoms with E-state index < -0.39 is 0 Å². The van der Waals surface area contributed by atoms with E-state index in [4.69, 9.17) is 9.47 Å². The number of carbonyl (C=O) groups excluding carboxylic acids is 2. The van der Waals surface area contributed by atoms with Crippen molar-refractivity contribution in [2.45, 2.75) is 105 Å². The molecule has 6 heteroatoms. The molecule has 2 aromatic carbocycles. The van der Waals surface area contributed by atoms with Crippen LogP contribution < -0.4 is 20.1 Å². The number of hydrogen-bond donors (Lipinski definition) is 2. The van der Waals surface area contributed by atoms with Crippen molar-refractivity contribution in [3.05, 3.63) is 59.7 Å². The molecule has 6 nitrogen and oxygen atoms in total. The molecule has 42 heavy (non-hydrogen) atoms. The van der Waals surface area contributed by atoms with Crippen LogP contribution in [0.1, 0.15) is 115 Å². The van der Waals surface area contributed by atoms with E-state index in [1.807, 2.05) is 48.5 Å². The van der Waals surface area contributed by atoms with Gasteiger partial charge in [-0.05, 0) is 116 Å². The first-order chi connectivity index (χ1) is 19.8. The van der Waals surface area contributed by atoms with Gasteiger partial charge in [-0.25, -0.2) is 0 Å². The van der Waals surface area contributed by atoms with Crippen molar-refractivity contribution in [3.63, 3.8) is 0 Å². The summed E-state index contributed by atoms with van der Waals surface area (Å²) in [7, 11) is 0. The van der Waals surface area contributed by atoms with Gasteiger partial charge in [0, 0.05) is 47.1 Å². The average Bonchev–Trinajstić information content (AvgIpc) is 2.95. The van der Waals surface area contributed by atoms with Crippen LogP contribution in [0.15, 0.2) is 48.5 Å². The maximum absolute atomic E-state index is 13.6. The van der Waals surface area contributed by atoms with Crippen LogP contribution in [0.5, 0.6) is 11.5 Å². The van der Waals surface area contributed by atoms with Crippen molar-refractivity contribution in [2.24, 2.45) is 11.8 Å². The molecule has 2 rings (SSSR count). The highest BCUT2D eigenvalue weighted by Crippen LogP contribution is 2.23. The Hall–Kier alpha value is -2.70. The summed E-state index contributed by atoms with van der Waals surface area (Å²) in [4.78, 5) is 27.1. The van der Waals surface area contributed by atoms with Gasteiger partial charge in [-0.3, -0.25) is 9.59 Å². The van der Waals surface area contributed by atoms with E-state index >= 15 is 0 Å². The molecule has 0 bridgehead atoms. The standard InChI is InChI=1S/C36H56N2O4/c1-9-23-41-31-19-15-27(16-20-31)33(39)29(25-37-35(3,4)5)13-11-12-14-30(26-38-36(6,7)8)34(40)28-17-21-32(22-18-28)42-24-10-2/h15-22,29-30,37-38H,9-14,23-26H2,1-8H3. The lowest BCUT2D eigenvalue weighted by atomic mass is 9.88. The van der Waals surface area contributed by atoms with Crippen LogP contribution in [0.2, 0.25) is 0 Å². The third-order valence-corrected chi connectivity index (χ3v) is 7.08. The van der Waals surface area contributed by atoms with Gasteiger partial charge in [-0.1, -0.05) is 26.7 Å². The second-order valence-corrected chi connectivity index (χ2v) is 13.4. The van der Waals surface area contributed by atoms with Crippen molar-refractivity contribution in [1.29, 1.82) is 0 Å². The zero-order valence-corrected chi connectivity index (χ0v) is 27.5. The Kier molecular flexibility index (Phi) is 14.7. The summed E-state index contributed by atoms with van der Waals surface area (Å²) in [5.74, 6) is 1.62. The highest BCUT2D eigenvalue weighted by Gasteiger charge is 2.25. The Morgan fingerprint density at radius 1 is 0.619 bits per heavy atom. The number of unbranched alkanes of at least 4 members (excludes halogenated alkanes) is 1. The summed E-state index contributed by atoms with van der Waals surface area (Å²) in [5.41, 5.74) is 1.27. The maximum Gasteiger partial charge on any atom is 0.167 e. The smallest absolute Gasteiger partial charge is 0.167 e. The number of ether oxygens (including phenoxy) is 2. The van der Waals surface area contributed by atoms with Crippen LogP contribution in [0.3, 0.4) is 0 Å². The highest BCUT2D eigenvalue weighted by molar-refractivity contribution is 5.98. The zero-order valence-electron chi connectivity index (χ0n) is 27.5. The summed E-state index contributed by atoms with van der Waals surface area (Å²) >= 11 is 0. The molecule has 0 saturated heterocycles. The molecule has 2 N–H and O–H groups in total. The molecule has 2 atom stereocenters. The van der Waals surface area contributed by atoms with E-state index in [1.54, 1.807) is 0 Å². The molecule has 0 radical (unpaired) electrons. The largest absolute Gasteiger partial charge is 0.494 e. The van der Waals surface area contributed by atoms with E-state index in [0.717, 1.165) is 50.0 Å². The minimum absolute atomic E-state index is 0.0797. The van der Waals surface area contributed by atoms with Gasteiger partial charge in [0.2, 0.25) is 0 Å². The fourth-order valence-electron chi connectivity index (χ4n) is 4.63. The van der Waals surface area contributed by atoms with E-state index in [0.29, 0.717) is 37.4 Å². The van der Waals surface area contributed by atoms with E-state index in [9.17, 15) is 9.59 Å². The summed E-state index contributed by atoms with van der Waals surface area (Å²) < 4.78 is 11.4. The van der Waals surface area contributed by atoms with Gasteiger partial charge in [-0.2, -0.15) is 0 Å². The molecule has 0 fully saturated rings. The summed E-state index contributed by atoms with van der Waals surface area (Å²) in [6.45, 7) is 19.4. The first-order valence-corrected chi connectivity index (χ1v) is 15.9. The predicted molar refractivity (Wildman–Crippen MR) is 174 cm³/mol. The van der Waals surface area contributed by atoms with Gasteiger partial charge in [0.25, 0.3) is 0 Å². The quantitative estimate of drug-likeness (QED) is 0.130. The number of benzene rings is 2. The van der Waals surface area contributed by atoms with Gasteiger partial charge < -0.3 is 20.1 Å². The van der Waals surface area contributed by atoms with Crippen LogP contribution in [0, 0.1) is 11.8 Å². The van der Waals surface area contributed by atoms with Crippen molar-refractivity contribution in [1.82, 2.24) is 10.6 Å². The molecular formula is C36H56N2O4. The summed E-state index contributed by atoms with van der Waals surface area (Å²) in [5, 5.41) is 7.07. The van der Waals surface area contributed by atoms with Crippen LogP contribution in [-0.2, 0) is 0 Å². The normalized spacial score (nSPS) is 13.4. The van der Waals surface area contributed by atoms with Gasteiger partial charge in [0.1, 0.15) is 11.5 Å². The number of ketones is 2. The average molecular weight is 581 g/mol. The highest BCUT2D eigenvalue weighted by atomic mass is 16.5. The first kappa shape index (κ1) is 35.5. The molecular weight excluding hydrogens is 524 g/mol. The number of hydrogen-bond acceptors (Lipinski definition) is 6. The lowest BCUT2D eigenvalue weighted by molar-refractivity contribution is 0.0886. The van der Waals surface area contributed by atoms with Gasteiger partial charge in [0.05, 0.1) is 13.2 Å². The summed E-state index contributed by atoms with van der Waals surface area (Å²) in [6, 6.07) is 15.1. The number of Topliss-reactive ketones (excluding diaryl/α,β-unsaturated/α-hetero) is 2. The van der Waals surface area contributed by atoms with Gasteiger partial charge >= 0.3 is 0 Å². The van der Waals surface area contributed by atoms with Gasteiger partial charge in [-0.15, -0.1) is 0 Å². The topological polar surface area (TPSA) is 76.7 Å². The molecule has 0 spiro atoms. The van der Waals surface area contributed by atoms with E-state index in [2.05, 4.69) is 66.0 Å². The number of rotatable bonds is 19. The molecule has 0 heterocycles. The Labute approximate surface area is 255 Å².